The molecule has 4 heteroatoms. The molecule has 2 rings (SSSR count). The topological polar surface area (TPSA) is 41.3 Å². The molecule has 1 aromatic heterocycles. The lowest BCUT2D eigenvalue weighted by Gasteiger charge is -2.38. The highest BCUT2D eigenvalue weighted by molar-refractivity contribution is 5.28. The van der Waals surface area contributed by atoms with Gasteiger partial charge in [-0.15, -0.1) is 0 Å². The maximum absolute atomic E-state index is 5.53. The zero-order valence-electron chi connectivity index (χ0n) is 11.1. The van der Waals surface area contributed by atoms with Crippen molar-refractivity contribution in [3.05, 3.63) is 12.0 Å². The highest BCUT2D eigenvalue weighted by Crippen LogP contribution is 2.35. The van der Waals surface area contributed by atoms with E-state index in [0.717, 1.165) is 31.3 Å². The van der Waals surface area contributed by atoms with Crippen molar-refractivity contribution >= 4 is 6.01 Å². The summed E-state index contributed by atoms with van der Waals surface area (Å²) < 4.78 is 5.53. The second-order valence-electron chi connectivity index (χ2n) is 5.30. The third kappa shape index (κ3) is 2.80. The molecule has 0 unspecified atom stereocenters. The number of rotatable bonds is 4. The van der Waals surface area contributed by atoms with Gasteiger partial charge in [0.25, 0.3) is 6.01 Å². The lowest BCUT2D eigenvalue weighted by molar-refractivity contribution is 0.233. The first kappa shape index (κ1) is 12.4. The van der Waals surface area contributed by atoms with Crippen molar-refractivity contribution in [2.24, 2.45) is 5.41 Å². The van der Waals surface area contributed by atoms with E-state index < -0.39 is 0 Å². The van der Waals surface area contributed by atoms with Gasteiger partial charge < -0.3 is 14.6 Å². The van der Waals surface area contributed by atoms with E-state index in [4.69, 9.17) is 4.42 Å². The molecule has 0 radical (unpaired) electrons. The number of nitrogens with zero attached hydrogens (tertiary/aromatic N) is 2. The number of hydrogen-bond acceptors (Lipinski definition) is 4. The van der Waals surface area contributed by atoms with Crippen molar-refractivity contribution in [1.29, 1.82) is 0 Å². The standard InChI is InChI=1S/C13H23N3O/c1-4-13(2)5-7-16(8-6-13)12-15-11(9-14-3)10-17-12/h10,14H,4-9H2,1-3H3. The average molecular weight is 237 g/mol. The van der Waals surface area contributed by atoms with Gasteiger partial charge in [0, 0.05) is 19.6 Å². The normalized spacial score (nSPS) is 19.6. The predicted octanol–water partition coefficient (Wildman–Crippen LogP) is 2.41. The van der Waals surface area contributed by atoms with Crippen LogP contribution in [0.25, 0.3) is 0 Å². The van der Waals surface area contributed by atoms with Crippen LogP contribution in [0.1, 0.15) is 38.8 Å². The number of aromatic nitrogens is 1. The van der Waals surface area contributed by atoms with Gasteiger partial charge in [-0.1, -0.05) is 20.3 Å². The Balaban J connectivity index is 1.95. The molecule has 0 aliphatic carbocycles. The summed E-state index contributed by atoms with van der Waals surface area (Å²) in [5, 5.41) is 3.08. The van der Waals surface area contributed by atoms with Crippen LogP contribution in [-0.2, 0) is 6.54 Å². The maximum atomic E-state index is 5.53. The molecular formula is C13H23N3O. The van der Waals surface area contributed by atoms with E-state index >= 15 is 0 Å². The Morgan fingerprint density at radius 3 is 2.76 bits per heavy atom. The average Bonchev–Trinajstić information content (AvgIpc) is 2.79. The summed E-state index contributed by atoms with van der Waals surface area (Å²) in [6, 6.07) is 0.786. The molecule has 17 heavy (non-hydrogen) atoms. The fourth-order valence-electron chi connectivity index (χ4n) is 2.30. The van der Waals surface area contributed by atoms with Gasteiger partial charge in [-0.25, -0.2) is 0 Å². The Morgan fingerprint density at radius 2 is 2.18 bits per heavy atom. The van der Waals surface area contributed by atoms with E-state index in [1.165, 1.54) is 19.3 Å². The fourth-order valence-corrected chi connectivity index (χ4v) is 2.30. The molecule has 0 amide bonds. The highest BCUT2D eigenvalue weighted by atomic mass is 16.4. The molecule has 0 atom stereocenters. The van der Waals surface area contributed by atoms with Crippen LogP contribution in [0.5, 0.6) is 0 Å². The van der Waals surface area contributed by atoms with Gasteiger partial charge >= 0.3 is 0 Å². The van der Waals surface area contributed by atoms with Crippen molar-refractivity contribution in [2.75, 3.05) is 25.0 Å². The van der Waals surface area contributed by atoms with Crippen LogP contribution in [0.3, 0.4) is 0 Å². The predicted molar refractivity (Wildman–Crippen MR) is 69.1 cm³/mol. The van der Waals surface area contributed by atoms with Crippen LogP contribution in [0.15, 0.2) is 10.7 Å². The highest BCUT2D eigenvalue weighted by Gasteiger charge is 2.29. The smallest absolute Gasteiger partial charge is 0.297 e. The molecule has 0 spiro atoms. The molecule has 0 saturated carbocycles. The molecule has 1 aliphatic heterocycles. The first-order valence-electron chi connectivity index (χ1n) is 6.51. The molecule has 4 nitrogen and oxygen atoms in total. The summed E-state index contributed by atoms with van der Waals surface area (Å²) in [7, 11) is 1.92. The molecule has 1 aromatic rings. The van der Waals surface area contributed by atoms with Gasteiger partial charge in [-0.05, 0) is 25.3 Å². The summed E-state index contributed by atoms with van der Waals surface area (Å²) in [6.07, 6.45) is 5.47. The molecule has 1 fully saturated rings. The van der Waals surface area contributed by atoms with Gasteiger partial charge in [0.05, 0.1) is 5.69 Å². The van der Waals surface area contributed by atoms with Crippen LogP contribution >= 0.6 is 0 Å². The Hall–Kier alpha value is -1.03. The van der Waals surface area contributed by atoms with Gasteiger partial charge in [-0.2, -0.15) is 4.98 Å². The van der Waals surface area contributed by atoms with Crippen LogP contribution in [0.2, 0.25) is 0 Å². The van der Waals surface area contributed by atoms with E-state index in [2.05, 4.69) is 29.0 Å². The quantitative estimate of drug-likeness (QED) is 0.873. The molecule has 1 N–H and O–H groups in total. The van der Waals surface area contributed by atoms with E-state index in [0.29, 0.717) is 5.41 Å². The number of hydrogen-bond donors (Lipinski definition) is 1. The van der Waals surface area contributed by atoms with Gasteiger partial charge in [-0.3, -0.25) is 0 Å². The number of anilines is 1. The number of nitrogens with one attached hydrogen (secondary N) is 1. The third-order valence-corrected chi connectivity index (χ3v) is 3.99. The van der Waals surface area contributed by atoms with E-state index in [-0.39, 0.29) is 0 Å². The fraction of sp³-hybridized carbons (Fsp3) is 0.769. The second-order valence-corrected chi connectivity index (χ2v) is 5.30. The van der Waals surface area contributed by atoms with E-state index in [1.54, 1.807) is 6.26 Å². The molecule has 2 heterocycles. The van der Waals surface area contributed by atoms with Crippen LogP contribution < -0.4 is 10.2 Å². The van der Waals surface area contributed by atoms with Crippen LogP contribution in [0.4, 0.5) is 6.01 Å². The zero-order valence-corrected chi connectivity index (χ0v) is 11.1. The lowest BCUT2D eigenvalue weighted by Crippen LogP contribution is -2.38. The second kappa shape index (κ2) is 5.08. The van der Waals surface area contributed by atoms with Crippen molar-refractivity contribution < 1.29 is 4.42 Å². The Bertz CT molecular complexity index is 353. The van der Waals surface area contributed by atoms with Crippen molar-refractivity contribution in [2.45, 2.75) is 39.7 Å². The minimum Gasteiger partial charge on any atom is -0.432 e. The third-order valence-electron chi connectivity index (χ3n) is 3.99. The molecule has 1 saturated heterocycles. The van der Waals surface area contributed by atoms with Gasteiger partial charge in [0.1, 0.15) is 6.26 Å². The van der Waals surface area contributed by atoms with Crippen molar-refractivity contribution in [3.63, 3.8) is 0 Å². The first-order valence-corrected chi connectivity index (χ1v) is 6.51. The first-order chi connectivity index (χ1) is 8.17. The van der Waals surface area contributed by atoms with Gasteiger partial charge in [0.15, 0.2) is 0 Å². The van der Waals surface area contributed by atoms with Crippen molar-refractivity contribution in [3.8, 4) is 0 Å². The molecule has 0 aromatic carbocycles. The van der Waals surface area contributed by atoms with Gasteiger partial charge in [0.2, 0.25) is 0 Å². The van der Waals surface area contributed by atoms with E-state index in [9.17, 15) is 0 Å². The minimum atomic E-state index is 0.511. The summed E-state index contributed by atoms with van der Waals surface area (Å²) in [5.74, 6) is 0. The minimum absolute atomic E-state index is 0.511. The van der Waals surface area contributed by atoms with Crippen LogP contribution in [-0.4, -0.2) is 25.1 Å². The summed E-state index contributed by atoms with van der Waals surface area (Å²) in [6.45, 7) is 7.55. The maximum Gasteiger partial charge on any atom is 0.297 e. The SMILES string of the molecule is CCC1(C)CCN(c2nc(CNC)co2)CC1. The van der Waals surface area contributed by atoms with Crippen LogP contribution in [0, 0.1) is 5.41 Å². The summed E-state index contributed by atoms with van der Waals surface area (Å²) in [5.41, 5.74) is 1.49. The Labute approximate surface area is 103 Å². The lowest BCUT2D eigenvalue weighted by atomic mass is 9.78. The molecule has 96 valence electrons. The van der Waals surface area contributed by atoms with E-state index in [1.807, 2.05) is 7.05 Å². The largest absolute Gasteiger partial charge is 0.432 e. The number of piperidine rings is 1. The number of oxazole rings is 1. The molecule has 1 aliphatic rings. The zero-order chi connectivity index (χ0) is 12.3. The summed E-state index contributed by atoms with van der Waals surface area (Å²) in [4.78, 5) is 6.75. The van der Waals surface area contributed by atoms with Crippen molar-refractivity contribution in [1.82, 2.24) is 10.3 Å². The monoisotopic (exact) mass is 237 g/mol. The molecule has 0 bridgehead atoms. The Kier molecular flexibility index (Phi) is 3.72. The Morgan fingerprint density at radius 1 is 1.47 bits per heavy atom. The molecular weight excluding hydrogens is 214 g/mol. The summed E-state index contributed by atoms with van der Waals surface area (Å²) >= 11 is 0.